The molecule has 1 aliphatic rings. The molecule has 1 heterocycles. The van der Waals surface area contributed by atoms with Crippen LogP contribution in [0.4, 0.5) is 0 Å². The average Bonchev–Trinajstić information content (AvgIpc) is 2.63. The van der Waals surface area contributed by atoms with E-state index in [-0.39, 0.29) is 37.2 Å². The number of carbonyl (C=O) groups is 4. The molecule has 2 amide bonds. The number of ether oxygens (including phenoxy) is 1. The fourth-order valence-electron chi connectivity index (χ4n) is 2.72. The molecule has 0 aromatic heterocycles. The number of hydrogen-bond acceptors (Lipinski definition) is 5. The van der Waals surface area contributed by atoms with E-state index in [1.54, 1.807) is 6.07 Å². The SMILES string of the molecule is CCCCOC(=O)C[C@H]1C(=O)NCCN1C(=O)c1ccccc1C(=O)O. The van der Waals surface area contributed by atoms with Gasteiger partial charge < -0.3 is 20.1 Å². The van der Waals surface area contributed by atoms with Gasteiger partial charge in [0.25, 0.3) is 5.91 Å². The average molecular weight is 362 g/mol. The first-order chi connectivity index (χ1) is 12.5. The molecule has 1 aromatic rings. The lowest BCUT2D eigenvalue weighted by Gasteiger charge is -2.34. The van der Waals surface area contributed by atoms with Gasteiger partial charge in [-0.25, -0.2) is 4.79 Å². The van der Waals surface area contributed by atoms with Gasteiger partial charge in [0, 0.05) is 13.1 Å². The zero-order valence-corrected chi connectivity index (χ0v) is 14.6. The summed E-state index contributed by atoms with van der Waals surface area (Å²) in [5, 5.41) is 11.9. The monoisotopic (exact) mass is 362 g/mol. The number of amides is 2. The molecule has 1 aromatic carbocycles. The second-order valence-electron chi connectivity index (χ2n) is 5.93. The number of unbranched alkanes of at least 4 members (excludes halogenated alkanes) is 1. The van der Waals surface area contributed by atoms with Crippen LogP contribution in [0.25, 0.3) is 0 Å². The number of carboxylic acids is 1. The van der Waals surface area contributed by atoms with E-state index in [9.17, 15) is 24.3 Å². The Kier molecular flexibility index (Phi) is 6.71. The first-order valence-electron chi connectivity index (χ1n) is 8.52. The predicted octanol–water partition coefficient (Wildman–Crippen LogP) is 1.06. The highest BCUT2D eigenvalue weighted by atomic mass is 16.5. The van der Waals surface area contributed by atoms with E-state index in [0.717, 1.165) is 12.8 Å². The van der Waals surface area contributed by atoms with Gasteiger partial charge in [0.1, 0.15) is 6.04 Å². The lowest BCUT2D eigenvalue weighted by atomic mass is 10.0. The highest BCUT2D eigenvalue weighted by Gasteiger charge is 2.36. The Morgan fingerprint density at radius 2 is 1.96 bits per heavy atom. The van der Waals surface area contributed by atoms with Crippen LogP contribution in [0.3, 0.4) is 0 Å². The molecule has 2 rings (SSSR count). The van der Waals surface area contributed by atoms with Crippen LogP contribution < -0.4 is 5.32 Å². The van der Waals surface area contributed by atoms with Crippen LogP contribution in [-0.2, 0) is 14.3 Å². The molecule has 0 saturated carbocycles. The van der Waals surface area contributed by atoms with E-state index in [1.165, 1.54) is 23.1 Å². The lowest BCUT2D eigenvalue weighted by molar-refractivity contribution is -0.147. The molecule has 1 aliphatic heterocycles. The molecule has 2 N–H and O–H groups in total. The molecule has 1 saturated heterocycles. The summed E-state index contributed by atoms with van der Waals surface area (Å²) >= 11 is 0. The maximum Gasteiger partial charge on any atom is 0.336 e. The summed E-state index contributed by atoms with van der Waals surface area (Å²) in [4.78, 5) is 49.6. The fraction of sp³-hybridized carbons (Fsp3) is 0.444. The standard InChI is InChI=1S/C18H22N2O6/c1-2-3-10-26-15(21)11-14-16(22)19-8-9-20(14)17(23)12-6-4-5-7-13(12)18(24)25/h4-7,14H,2-3,8-11H2,1H3,(H,19,22)(H,24,25)/t14-/m0/s1. The number of carbonyl (C=O) groups excluding carboxylic acids is 3. The Bertz CT molecular complexity index is 703. The third kappa shape index (κ3) is 4.59. The number of aromatic carboxylic acids is 1. The van der Waals surface area contributed by atoms with Crippen molar-refractivity contribution in [3.8, 4) is 0 Å². The van der Waals surface area contributed by atoms with E-state index in [2.05, 4.69) is 5.32 Å². The minimum absolute atomic E-state index is 0.0148. The number of carboxylic acid groups (broad SMARTS) is 1. The summed E-state index contributed by atoms with van der Waals surface area (Å²) in [5.41, 5.74) is -0.160. The molecule has 0 aliphatic carbocycles. The second-order valence-corrected chi connectivity index (χ2v) is 5.93. The zero-order valence-electron chi connectivity index (χ0n) is 14.6. The van der Waals surface area contributed by atoms with Crippen molar-refractivity contribution in [1.82, 2.24) is 10.2 Å². The summed E-state index contributed by atoms with van der Waals surface area (Å²) in [7, 11) is 0. The largest absolute Gasteiger partial charge is 0.478 e. The minimum Gasteiger partial charge on any atom is -0.478 e. The predicted molar refractivity (Wildman–Crippen MR) is 91.7 cm³/mol. The van der Waals surface area contributed by atoms with Gasteiger partial charge in [-0.05, 0) is 18.6 Å². The summed E-state index contributed by atoms with van der Waals surface area (Å²) in [6.45, 7) is 2.65. The van der Waals surface area contributed by atoms with Crippen LogP contribution in [0.15, 0.2) is 24.3 Å². The van der Waals surface area contributed by atoms with Gasteiger partial charge >= 0.3 is 11.9 Å². The molecule has 8 nitrogen and oxygen atoms in total. The second kappa shape index (κ2) is 8.98. The van der Waals surface area contributed by atoms with Crippen molar-refractivity contribution in [2.24, 2.45) is 0 Å². The van der Waals surface area contributed by atoms with Crippen molar-refractivity contribution in [2.75, 3.05) is 19.7 Å². The molecule has 0 unspecified atom stereocenters. The first kappa shape index (κ1) is 19.4. The van der Waals surface area contributed by atoms with Crippen molar-refractivity contribution in [3.63, 3.8) is 0 Å². The molecule has 0 radical (unpaired) electrons. The lowest BCUT2D eigenvalue weighted by Crippen LogP contribution is -2.58. The van der Waals surface area contributed by atoms with E-state index in [1.807, 2.05) is 6.92 Å². The molecular weight excluding hydrogens is 340 g/mol. The van der Waals surface area contributed by atoms with Crippen molar-refractivity contribution >= 4 is 23.8 Å². The van der Waals surface area contributed by atoms with Crippen LogP contribution >= 0.6 is 0 Å². The first-order valence-corrected chi connectivity index (χ1v) is 8.52. The number of hydrogen-bond donors (Lipinski definition) is 2. The van der Waals surface area contributed by atoms with Crippen molar-refractivity contribution < 1.29 is 29.0 Å². The van der Waals surface area contributed by atoms with Gasteiger partial charge in [-0.3, -0.25) is 14.4 Å². The van der Waals surface area contributed by atoms with Gasteiger partial charge in [0.2, 0.25) is 5.91 Å². The number of benzene rings is 1. The number of rotatable bonds is 7. The van der Waals surface area contributed by atoms with Crippen LogP contribution in [0.1, 0.15) is 46.9 Å². The van der Waals surface area contributed by atoms with E-state index in [0.29, 0.717) is 0 Å². The molecule has 0 spiro atoms. The van der Waals surface area contributed by atoms with Crippen molar-refractivity contribution in [1.29, 1.82) is 0 Å². The molecule has 140 valence electrons. The molecule has 1 fully saturated rings. The van der Waals surface area contributed by atoms with Crippen molar-refractivity contribution in [2.45, 2.75) is 32.2 Å². The highest BCUT2D eigenvalue weighted by molar-refractivity contribution is 6.06. The maximum atomic E-state index is 12.9. The topological polar surface area (TPSA) is 113 Å². The Morgan fingerprint density at radius 3 is 2.62 bits per heavy atom. The van der Waals surface area contributed by atoms with E-state index >= 15 is 0 Å². The molecule has 8 heteroatoms. The number of nitrogens with one attached hydrogen (secondary N) is 1. The molecular formula is C18H22N2O6. The van der Waals surface area contributed by atoms with Gasteiger partial charge in [0.15, 0.2) is 0 Å². The maximum absolute atomic E-state index is 12.9. The van der Waals surface area contributed by atoms with Gasteiger partial charge in [-0.1, -0.05) is 25.5 Å². The Balaban J connectivity index is 2.19. The van der Waals surface area contributed by atoms with E-state index < -0.39 is 29.8 Å². The third-order valence-corrected chi connectivity index (χ3v) is 4.10. The van der Waals surface area contributed by atoms with Gasteiger partial charge in [-0.15, -0.1) is 0 Å². The minimum atomic E-state index is -1.23. The number of piperazine rings is 1. The zero-order chi connectivity index (χ0) is 19.1. The van der Waals surface area contributed by atoms with Crippen LogP contribution in [0, 0.1) is 0 Å². The Hall–Kier alpha value is -2.90. The molecule has 26 heavy (non-hydrogen) atoms. The Morgan fingerprint density at radius 1 is 1.27 bits per heavy atom. The smallest absolute Gasteiger partial charge is 0.336 e. The fourth-order valence-corrected chi connectivity index (χ4v) is 2.72. The van der Waals surface area contributed by atoms with Gasteiger partial charge in [-0.2, -0.15) is 0 Å². The Labute approximate surface area is 151 Å². The number of nitrogens with zero attached hydrogens (tertiary/aromatic N) is 1. The molecule has 0 bridgehead atoms. The van der Waals surface area contributed by atoms with Crippen LogP contribution in [0.2, 0.25) is 0 Å². The van der Waals surface area contributed by atoms with Crippen LogP contribution in [0.5, 0.6) is 0 Å². The van der Waals surface area contributed by atoms with Crippen molar-refractivity contribution in [3.05, 3.63) is 35.4 Å². The normalized spacial score (nSPS) is 16.7. The van der Waals surface area contributed by atoms with E-state index in [4.69, 9.17) is 4.74 Å². The summed E-state index contributed by atoms with van der Waals surface area (Å²) in [6, 6.07) is 4.78. The third-order valence-electron chi connectivity index (χ3n) is 4.10. The summed E-state index contributed by atoms with van der Waals surface area (Å²) in [5.74, 6) is -2.84. The summed E-state index contributed by atoms with van der Waals surface area (Å²) in [6.07, 6.45) is 1.32. The summed E-state index contributed by atoms with van der Waals surface area (Å²) < 4.78 is 5.08. The van der Waals surface area contributed by atoms with Gasteiger partial charge in [0.05, 0.1) is 24.2 Å². The quantitative estimate of drug-likeness (QED) is 0.554. The molecule has 1 atom stereocenters. The number of esters is 1. The van der Waals surface area contributed by atoms with Crippen LogP contribution in [-0.4, -0.2) is 59.5 Å². The highest BCUT2D eigenvalue weighted by Crippen LogP contribution is 2.18.